The van der Waals surface area contributed by atoms with Crippen molar-refractivity contribution in [2.24, 2.45) is 0 Å². The van der Waals surface area contributed by atoms with Crippen LogP contribution in [0.15, 0.2) is 29.6 Å². The molecule has 6 nitrogen and oxygen atoms in total. The van der Waals surface area contributed by atoms with E-state index in [-0.39, 0.29) is 5.75 Å². The number of aromatic hydroxyl groups is 1. The Bertz CT molecular complexity index is 838. The number of ether oxygens (including phenoxy) is 1. The number of rotatable bonds is 2. The summed E-state index contributed by atoms with van der Waals surface area (Å²) in [6, 6.07) is 6.90. The predicted octanol–water partition coefficient (Wildman–Crippen LogP) is 2.48. The standard InChI is InChI=1S/C16H16N4O2S/c17-11-7-10(8-12(21)9-11)15-18-13-1-6-23-14(13)16(19-15)20-2-4-22-5-3-20/h1,6-9,21H,2-5,17H2. The molecule has 2 aromatic heterocycles. The fourth-order valence-corrected chi connectivity index (χ4v) is 3.58. The largest absolute Gasteiger partial charge is 0.508 e. The van der Waals surface area contributed by atoms with Crippen LogP contribution in [0.2, 0.25) is 0 Å². The summed E-state index contributed by atoms with van der Waals surface area (Å²) in [5.41, 5.74) is 7.94. The van der Waals surface area contributed by atoms with Crippen LogP contribution >= 0.6 is 11.3 Å². The number of hydrogen-bond donors (Lipinski definition) is 2. The second-order valence-electron chi connectivity index (χ2n) is 5.42. The predicted molar refractivity (Wildman–Crippen MR) is 92.0 cm³/mol. The summed E-state index contributed by atoms with van der Waals surface area (Å²) in [5.74, 6) is 1.60. The van der Waals surface area contributed by atoms with Crippen LogP contribution in [0.1, 0.15) is 0 Å². The van der Waals surface area contributed by atoms with E-state index in [0.717, 1.165) is 29.1 Å². The van der Waals surface area contributed by atoms with Crippen molar-refractivity contribution in [3.63, 3.8) is 0 Å². The third-order valence-electron chi connectivity index (χ3n) is 3.79. The molecule has 1 aliphatic rings. The van der Waals surface area contributed by atoms with Crippen molar-refractivity contribution in [1.82, 2.24) is 9.97 Å². The third kappa shape index (κ3) is 2.69. The maximum atomic E-state index is 9.79. The number of thiophene rings is 1. The first-order valence-electron chi connectivity index (χ1n) is 7.38. The van der Waals surface area contributed by atoms with E-state index >= 15 is 0 Å². The van der Waals surface area contributed by atoms with Crippen LogP contribution in [-0.4, -0.2) is 41.4 Å². The van der Waals surface area contributed by atoms with E-state index in [9.17, 15) is 5.11 Å². The molecule has 3 N–H and O–H groups in total. The average molecular weight is 328 g/mol. The van der Waals surface area contributed by atoms with Crippen LogP contribution in [0.4, 0.5) is 11.5 Å². The van der Waals surface area contributed by atoms with E-state index in [4.69, 9.17) is 15.5 Å². The number of nitrogens with two attached hydrogens (primary N) is 1. The van der Waals surface area contributed by atoms with Gasteiger partial charge < -0.3 is 20.5 Å². The van der Waals surface area contributed by atoms with Crippen LogP contribution < -0.4 is 10.6 Å². The van der Waals surface area contributed by atoms with Gasteiger partial charge in [-0.2, -0.15) is 0 Å². The molecule has 4 rings (SSSR count). The Labute approximate surface area is 137 Å². The van der Waals surface area contributed by atoms with Crippen LogP contribution in [0.5, 0.6) is 5.75 Å². The van der Waals surface area contributed by atoms with Gasteiger partial charge in [-0.15, -0.1) is 11.3 Å². The normalized spacial score (nSPS) is 15.2. The first-order chi connectivity index (χ1) is 11.2. The number of nitrogens with zero attached hydrogens (tertiary/aromatic N) is 3. The molecule has 0 spiro atoms. The zero-order valence-corrected chi connectivity index (χ0v) is 13.2. The second-order valence-corrected chi connectivity index (χ2v) is 6.33. The molecule has 3 heterocycles. The van der Waals surface area contributed by atoms with E-state index < -0.39 is 0 Å². The van der Waals surface area contributed by atoms with Gasteiger partial charge >= 0.3 is 0 Å². The summed E-state index contributed by atoms with van der Waals surface area (Å²) in [6.45, 7) is 3.02. The Morgan fingerprint density at radius 2 is 2.00 bits per heavy atom. The van der Waals surface area contributed by atoms with Gasteiger partial charge in [-0.3, -0.25) is 0 Å². The fraction of sp³-hybridized carbons (Fsp3) is 0.250. The molecule has 3 aromatic rings. The molecule has 1 aliphatic heterocycles. The van der Waals surface area contributed by atoms with E-state index in [2.05, 4.69) is 9.88 Å². The molecular formula is C16H16N4O2S. The number of anilines is 2. The Hall–Kier alpha value is -2.38. The zero-order valence-electron chi connectivity index (χ0n) is 12.4. The molecule has 23 heavy (non-hydrogen) atoms. The summed E-state index contributed by atoms with van der Waals surface area (Å²) in [6.07, 6.45) is 0. The van der Waals surface area contributed by atoms with Crippen LogP contribution in [-0.2, 0) is 4.74 Å². The maximum Gasteiger partial charge on any atom is 0.162 e. The number of phenolic OH excluding ortho intramolecular Hbond substituents is 1. The molecule has 1 aromatic carbocycles. The van der Waals surface area contributed by atoms with Gasteiger partial charge in [0.1, 0.15) is 5.75 Å². The van der Waals surface area contributed by atoms with Crippen molar-refractivity contribution in [3.8, 4) is 17.1 Å². The topological polar surface area (TPSA) is 84.5 Å². The third-order valence-corrected chi connectivity index (χ3v) is 4.69. The van der Waals surface area contributed by atoms with Crippen molar-refractivity contribution < 1.29 is 9.84 Å². The first kappa shape index (κ1) is 14.2. The Balaban J connectivity index is 1.87. The van der Waals surface area contributed by atoms with Gasteiger partial charge in [0, 0.05) is 30.4 Å². The molecule has 7 heteroatoms. The first-order valence-corrected chi connectivity index (χ1v) is 8.26. The molecule has 0 unspecified atom stereocenters. The van der Waals surface area contributed by atoms with Gasteiger partial charge in [-0.25, -0.2) is 9.97 Å². The van der Waals surface area contributed by atoms with Crippen molar-refractivity contribution in [2.75, 3.05) is 36.9 Å². The average Bonchev–Trinajstić information content (AvgIpc) is 3.02. The number of fused-ring (bicyclic) bond motifs is 1. The van der Waals surface area contributed by atoms with Crippen molar-refractivity contribution in [2.45, 2.75) is 0 Å². The number of hydrogen-bond acceptors (Lipinski definition) is 7. The summed E-state index contributed by atoms with van der Waals surface area (Å²) in [5, 5.41) is 11.8. The molecule has 0 radical (unpaired) electrons. The highest BCUT2D eigenvalue weighted by atomic mass is 32.1. The quantitative estimate of drug-likeness (QED) is 0.703. The van der Waals surface area contributed by atoms with E-state index in [0.29, 0.717) is 30.3 Å². The van der Waals surface area contributed by atoms with Gasteiger partial charge in [-0.1, -0.05) is 0 Å². The van der Waals surface area contributed by atoms with Gasteiger partial charge in [0.05, 0.1) is 23.4 Å². The highest BCUT2D eigenvalue weighted by molar-refractivity contribution is 7.17. The molecule has 118 valence electrons. The molecule has 0 bridgehead atoms. The van der Waals surface area contributed by atoms with Crippen molar-refractivity contribution in [3.05, 3.63) is 29.6 Å². The lowest BCUT2D eigenvalue weighted by molar-refractivity contribution is 0.122. The molecule has 0 amide bonds. The lowest BCUT2D eigenvalue weighted by atomic mass is 10.1. The minimum Gasteiger partial charge on any atom is -0.508 e. The number of morpholine rings is 1. The number of nitrogen functional groups attached to an aromatic ring is 1. The summed E-state index contributed by atoms with van der Waals surface area (Å²) in [4.78, 5) is 11.6. The molecule has 0 atom stereocenters. The smallest absolute Gasteiger partial charge is 0.162 e. The number of aromatic nitrogens is 2. The van der Waals surface area contributed by atoms with E-state index in [1.165, 1.54) is 6.07 Å². The van der Waals surface area contributed by atoms with E-state index in [1.807, 2.05) is 11.4 Å². The zero-order chi connectivity index (χ0) is 15.8. The van der Waals surface area contributed by atoms with Crippen molar-refractivity contribution in [1.29, 1.82) is 0 Å². The van der Waals surface area contributed by atoms with Gasteiger partial charge in [0.15, 0.2) is 11.6 Å². The second kappa shape index (κ2) is 5.68. The molecule has 0 aliphatic carbocycles. The molecule has 0 saturated carbocycles. The SMILES string of the molecule is Nc1cc(O)cc(-c2nc(N3CCOCC3)c3sccc3n2)c1. The molecular weight excluding hydrogens is 312 g/mol. The Kier molecular flexibility index (Phi) is 3.51. The van der Waals surface area contributed by atoms with Crippen LogP contribution in [0, 0.1) is 0 Å². The lowest BCUT2D eigenvalue weighted by Gasteiger charge is -2.28. The fourth-order valence-electron chi connectivity index (χ4n) is 2.73. The minimum atomic E-state index is 0.113. The van der Waals surface area contributed by atoms with Gasteiger partial charge in [-0.05, 0) is 23.6 Å². The summed E-state index contributed by atoms with van der Waals surface area (Å²) < 4.78 is 6.50. The lowest BCUT2D eigenvalue weighted by Crippen LogP contribution is -2.36. The monoisotopic (exact) mass is 328 g/mol. The van der Waals surface area contributed by atoms with Gasteiger partial charge in [0.25, 0.3) is 0 Å². The Morgan fingerprint density at radius 1 is 1.17 bits per heavy atom. The maximum absolute atomic E-state index is 9.79. The number of phenols is 1. The van der Waals surface area contributed by atoms with Gasteiger partial charge in [0.2, 0.25) is 0 Å². The van der Waals surface area contributed by atoms with E-state index in [1.54, 1.807) is 23.5 Å². The van der Waals surface area contributed by atoms with Crippen LogP contribution in [0.3, 0.4) is 0 Å². The molecule has 1 fully saturated rings. The molecule has 1 saturated heterocycles. The summed E-state index contributed by atoms with van der Waals surface area (Å²) in [7, 11) is 0. The Morgan fingerprint density at radius 3 is 2.78 bits per heavy atom. The highest BCUT2D eigenvalue weighted by Gasteiger charge is 2.19. The highest BCUT2D eigenvalue weighted by Crippen LogP contribution is 2.33. The van der Waals surface area contributed by atoms with Crippen LogP contribution in [0.25, 0.3) is 21.6 Å². The summed E-state index contributed by atoms with van der Waals surface area (Å²) >= 11 is 1.64. The minimum absolute atomic E-state index is 0.113. The van der Waals surface area contributed by atoms with Crippen molar-refractivity contribution >= 4 is 33.1 Å². The number of benzene rings is 1.